The summed E-state index contributed by atoms with van der Waals surface area (Å²) in [5, 5.41) is 3.10. The number of rotatable bonds is 2. The van der Waals surface area contributed by atoms with E-state index in [2.05, 4.69) is 17.1 Å². The molecule has 0 aromatic heterocycles. The molecule has 1 rings (SSSR count). The van der Waals surface area contributed by atoms with E-state index in [1.54, 1.807) is 6.92 Å². The van der Waals surface area contributed by atoms with E-state index in [0.29, 0.717) is 18.9 Å². The molecule has 2 unspecified atom stereocenters. The summed E-state index contributed by atoms with van der Waals surface area (Å²) in [5.41, 5.74) is -0.691. The van der Waals surface area contributed by atoms with Crippen LogP contribution in [0, 0.1) is 0 Å². The monoisotopic (exact) mass is 184 g/mol. The standard InChI is InChI=1S/C9H16N2O2/c1-7-4-10-9(2,6-11(7)3)8(13)5-12/h5,7,10H,4,6H2,1-3H3. The molecule has 1 aliphatic heterocycles. The number of hydrogen-bond donors (Lipinski definition) is 1. The number of carbonyl (C=O) groups is 2. The van der Waals surface area contributed by atoms with Crippen molar-refractivity contribution >= 4 is 12.1 Å². The third-order valence-corrected chi connectivity index (χ3v) is 2.76. The summed E-state index contributed by atoms with van der Waals surface area (Å²) in [5.74, 6) is -0.369. The molecule has 0 aliphatic carbocycles. The average Bonchev–Trinajstić information content (AvgIpc) is 2.11. The highest BCUT2D eigenvalue weighted by atomic mass is 16.2. The van der Waals surface area contributed by atoms with Gasteiger partial charge in [0.25, 0.3) is 0 Å². The van der Waals surface area contributed by atoms with Gasteiger partial charge < -0.3 is 10.2 Å². The van der Waals surface area contributed by atoms with Gasteiger partial charge in [0.05, 0.1) is 5.54 Å². The molecule has 0 bridgehead atoms. The van der Waals surface area contributed by atoms with Gasteiger partial charge in [-0.3, -0.25) is 9.59 Å². The van der Waals surface area contributed by atoms with Crippen molar-refractivity contribution < 1.29 is 9.59 Å². The summed E-state index contributed by atoms with van der Waals surface area (Å²) in [6.45, 7) is 5.18. The lowest BCUT2D eigenvalue weighted by Gasteiger charge is -2.41. The number of ketones is 1. The zero-order chi connectivity index (χ0) is 10.1. The van der Waals surface area contributed by atoms with E-state index in [1.165, 1.54) is 0 Å². The number of Topliss-reactive ketones (excluding diaryl/α,β-unsaturated/α-hetero) is 1. The number of nitrogens with zero attached hydrogens (tertiary/aromatic N) is 1. The third kappa shape index (κ3) is 1.95. The minimum Gasteiger partial charge on any atom is -0.302 e. The zero-order valence-electron chi connectivity index (χ0n) is 8.33. The molecular formula is C9H16N2O2. The van der Waals surface area contributed by atoms with Crippen LogP contribution in [-0.4, -0.2) is 48.7 Å². The first kappa shape index (κ1) is 10.3. The van der Waals surface area contributed by atoms with Crippen LogP contribution >= 0.6 is 0 Å². The molecule has 0 amide bonds. The van der Waals surface area contributed by atoms with Gasteiger partial charge in [0.15, 0.2) is 6.29 Å². The van der Waals surface area contributed by atoms with Crippen LogP contribution in [0.5, 0.6) is 0 Å². The van der Waals surface area contributed by atoms with Crippen molar-refractivity contribution in [3.05, 3.63) is 0 Å². The van der Waals surface area contributed by atoms with Crippen molar-refractivity contribution in [3.8, 4) is 0 Å². The van der Waals surface area contributed by atoms with Gasteiger partial charge in [0, 0.05) is 19.1 Å². The third-order valence-electron chi connectivity index (χ3n) is 2.76. The van der Waals surface area contributed by atoms with Crippen LogP contribution in [0.2, 0.25) is 0 Å². The second kappa shape index (κ2) is 3.55. The summed E-state index contributed by atoms with van der Waals surface area (Å²) >= 11 is 0. The van der Waals surface area contributed by atoms with E-state index >= 15 is 0 Å². The van der Waals surface area contributed by atoms with Crippen molar-refractivity contribution in [2.75, 3.05) is 20.1 Å². The second-order valence-corrected chi connectivity index (χ2v) is 3.96. The molecule has 0 aromatic carbocycles. The fraction of sp³-hybridized carbons (Fsp3) is 0.778. The molecule has 1 aliphatic rings. The molecular weight excluding hydrogens is 168 g/mol. The Hall–Kier alpha value is -0.740. The number of aldehydes is 1. The molecule has 1 heterocycles. The average molecular weight is 184 g/mol. The van der Waals surface area contributed by atoms with Crippen LogP contribution in [0.4, 0.5) is 0 Å². The lowest BCUT2D eigenvalue weighted by atomic mass is 9.93. The summed E-state index contributed by atoms with van der Waals surface area (Å²) in [4.78, 5) is 23.8. The topological polar surface area (TPSA) is 49.4 Å². The first-order valence-electron chi connectivity index (χ1n) is 4.44. The van der Waals surface area contributed by atoms with Gasteiger partial charge in [0.2, 0.25) is 5.78 Å². The number of nitrogens with one attached hydrogen (secondary N) is 1. The molecule has 2 atom stereocenters. The maximum atomic E-state index is 11.3. The van der Waals surface area contributed by atoms with Gasteiger partial charge in [-0.25, -0.2) is 0 Å². The molecule has 1 N–H and O–H groups in total. The Labute approximate surface area is 78.3 Å². The molecule has 74 valence electrons. The van der Waals surface area contributed by atoms with Gasteiger partial charge >= 0.3 is 0 Å². The molecule has 4 heteroatoms. The molecule has 1 fully saturated rings. The van der Waals surface area contributed by atoms with Crippen LogP contribution in [0.3, 0.4) is 0 Å². The Balaban J connectivity index is 2.72. The fourth-order valence-corrected chi connectivity index (χ4v) is 1.53. The van der Waals surface area contributed by atoms with Gasteiger partial charge in [-0.2, -0.15) is 0 Å². The Kier molecular flexibility index (Phi) is 2.83. The summed E-state index contributed by atoms with van der Waals surface area (Å²) in [6, 6.07) is 0.410. The van der Waals surface area contributed by atoms with E-state index in [-0.39, 0.29) is 5.78 Å². The lowest BCUT2D eigenvalue weighted by Crippen LogP contribution is -2.65. The van der Waals surface area contributed by atoms with Crippen molar-refractivity contribution in [2.24, 2.45) is 0 Å². The predicted molar refractivity (Wildman–Crippen MR) is 49.6 cm³/mol. The largest absolute Gasteiger partial charge is 0.302 e. The highest BCUT2D eigenvalue weighted by Crippen LogP contribution is 2.13. The molecule has 4 nitrogen and oxygen atoms in total. The Morgan fingerprint density at radius 1 is 1.69 bits per heavy atom. The van der Waals surface area contributed by atoms with Gasteiger partial charge in [-0.05, 0) is 20.9 Å². The molecule has 0 radical (unpaired) electrons. The van der Waals surface area contributed by atoms with E-state index in [9.17, 15) is 9.59 Å². The highest BCUT2D eigenvalue weighted by Gasteiger charge is 2.38. The molecule has 1 saturated heterocycles. The minimum absolute atomic E-state index is 0.369. The Morgan fingerprint density at radius 3 is 2.77 bits per heavy atom. The van der Waals surface area contributed by atoms with Crippen LogP contribution in [0.15, 0.2) is 0 Å². The molecule has 13 heavy (non-hydrogen) atoms. The van der Waals surface area contributed by atoms with Gasteiger partial charge in [-0.1, -0.05) is 0 Å². The number of carbonyl (C=O) groups excluding carboxylic acids is 2. The van der Waals surface area contributed by atoms with Gasteiger partial charge in [-0.15, -0.1) is 0 Å². The smallest absolute Gasteiger partial charge is 0.216 e. The normalized spacial score (nSPS) is 35.8. The van der Waals surface area contributed by atoms with Crippen molar-refractivity contribution in [1.29, 1.82) is 0 Å². The first-order valence-corrected chi connectivity index (χ1v) is 4.44. The van der Waals surface area contributed by atoms with Crippen molar-refractivity contribution in [1.82, 2.24) is 10.2 Å². The van der Waals surface area contributed by atoms with E-state index < -0.39 is 5.54 Å². The molecule has 0 saturated carbocycles. The Bertz CT molecular complexity index is 230. The van der Waals surface area contributed by atoms with Crippen molar-refractivity contribution in [3.63, 3.8) is 0 Å². The van der Waals surface area contributed by atoms with Crippen LogP contribution < -0.4 is 5.32 Å². The number of hydrogen-bond acceptors (Lipinski definition) is 4. The number of likely N-dealkylation sites (N-methyl/N-ethyl adjacent to an activating group) is 1. The van der Waals surface area contributed by atoms with E-state index in [4.69, 9.17) is 0 Å². The number of piperazine rings is 1. The maximum Gasteiger partial charge on any atom is 0.216 e. The van der Waals surface area contributed by atoms with Crippen LogP contribution in [-0.2, 0) is 9.59 Å². The fourth-order valence-electron chi connectivity index (χ4n) is 1.53. The van der Waals surface area contributed by atoms with E-state index in [1.807, 2.05) is 7.05 Å². The molecule has 0 spiro atoms. The summed E-state index contributed by atoms with van der Waals surface area (Å²) in [6.07, 6.45) is 0.400. The van der Waals surface area contributed by atoms with Gasteiger partial charge in [0.1, 0.15) is 0 Å². The van der Waals surface area contributed by atoms with Crippen LogP contribution in [0.25, 0.3) is 0 Å². The minimum atomic E-state index is -0.691. The zero-order valence-corrected chi connectivity index (χ0v) is 8.33. The van der Waals surface area contributed by atoms with Crippen LogP contribution in [0.1, 0.15) is 13.8 Å². The van der Waals surface area contributed by atoms with Crippen molar-refractivity contribution in [2.45, 2.75) is 25.4 Å². The Morgan fingerprint density at radius 2 is 2.31 bits per heavy atom. The SMILES string of the molecule is CC1CNC(C)(C(=O)C=O)CN1C. The maximum absolute atomic E-state index is 11.3. The highest BCUT2D eigenvalue weighted by molar-refractivity contribution is 6.29. The lowest BCUT2D eigenvalue weighted by molar-refractivity contribution is -0.135. The van der Waals surface area contributed by atoms with E-state index in [0.717, 1.165) is 6.54 Å². The second-order valence-electron chi connectivity index (χ2n) is 3.96. The quantitative estimate of drug-likeness (QED) is 0.461. The summed E-state index contributed by atoms with van der Waals surface area (Å²) in [7, 11) is 1.96. The molecule has 0 aromatic rings. The predicted octanol–water partition coefficient (Wildman–Crippen LogP) is -0.563. The first-order chi connectivity index (χ1) is 5.99. The summed E-state index contributed by atoms with van der Waals surface area (Å²) < 4.78 is 0.